The number of carbonyl (C=O) groups is 5. The molecule has 18 heteroatoms. The lowest BCUT2D eigenvalue weighted by Crippen LogP contribution is -2.48. The van der Waals surface area contributed by atoms with Crippen LogP contribution in [0.1, 0.15) is 59.7 Å². The van der Waals surface area contributed by atoms with Gasteiger partial charge in [0, 0.05) is 55.6 Å². The highest BCUT2D eigenvalue weighted by Crippen LogP contribution is 2.29. The van der Waals surface area contributed by atoms with Gasteiger partial charge < -0.3 is 31.1 Å². The Morgan fingerprint density at radius 1 is 0.531 bits per heavy atom. The minimum atomic E-state index is -0.458. The summed E-state index contributed by atoms with van der Waals surface area (Å²) in [6.07, 6.45) is 0. The molecule has 3 heterocycles. The lowest BCUT2D eigenvalue weighted by molar-refractivity contribution is -0.129. The van der Waals surface area contributed by atoms with Gasteiger partial charge in [-0.15, -0.1) is 0 Å². The van der Waals surface area contributed by atoms with E-state index >= 15 is 0 Å². The molecule has 5 amide bonds. The predicted octanol–water partition coefficient (Wildman–Crippen LogP) is 9.70. The van der Waals surface area contributed by atoms with E-state index in [1.807, 2.05) is 0 Å². The van der Waals surface area contributed by atoms with Crippen LogP contribution in [-0.2, 0) is 4.79 Å². The van der Waals surface area contributed by atoms with Gasteiger partial charge in [0.1, 0.15) is 22.6 Å². The molecule has 0 bridgehead atoms. The standard InChI is InChI=1S/C26H25ClFN5O3.C20H14Cl2FN3O2/c1-16-21(8-10-24(29-16)33-13-11-32(12-14-33)17(2)34)26(36)30-20-7-9-22(27)23(15-20)31-25(35)18-3-5-19(28)6-4-18;1-11-15(7-9-18(22)24-11)20(28)25-14-6-8-16(21)17(10-14)26-19(27)12-2-4-13(23)5-3-12/h3-10,15H,11-14H2,1-2H3,(H,30,36)(H,31,35);2-10H,1H3,(H,25,28)(H,26,27). The van der Waals surface area contributed by atoms with Crippen molar-refractivity contribution in [3.05, 3.63) is 170 Å². The van der Waals surface area contributed by atoms with Gasteiger partial charge in [-0.2, -0.15) is 0 Å². The molecular weight excluding hydrogens is 889 g/mol. The molecule has 1 fully saturated rings. The van der Waals surface area contributed by atoms with Crippen molar-refractivity contribution in [2.45, 2.75) is 20.8 Å². The van der Waals surface area contributed by atoms with Crippen molar-refractivity contribution in [2.75, 3.05) is 52.3 Å². The first-order chi connectivity index (χ1) is 30.5. The van der Waals surface area contributed by atoms with Crippen LogP contribution in [0.15, 0.2) is 109 Å². The maximum Gasteiger partial charge on any atom is 0.257 e. The lowest BCUT2D eigenvalue weighted by atomic mass is 10.1. The Morgan fingerprint density at radius 2 is 0.969 bits per heavy atom. The fourth-order valence-corrected chi connectivity index (χ4v) is 6.89. The number of hydrogen-bond donors (Lipinski definition) is 4. The summed E-state index contributed by atoms with van der Waals surface area (Å²) in [7, 11) is 0. The Balaban J connectivity index is 0.000000219. The molecule has 0 spiro atoms. The number of nitrogens with zero attached hydrogens (tertiary/aromatic N) is 4. The zero-order valence-electron chi connectivity index (χ0n) is 34.4. The van der Waals surface area contributed by atoms with E-state index < -0.39 is 23.4 Å². The molecule has 0 atom stereocenters. The summed E-state index contributed by atoms with van der Waals surface area (Å²) in [6, 6.07) is 26.3. The quantitative estimate of drug-likeness (QED) is 0.104. The smallest absolute Gasteiger partial charge is 0.257 e. The summed E-state index contributed by atoms with van der Waals surface area (Å²) in [6.45, 7) is 7.62. The fraction of sp³-hybridized carbons (Fsp3) is 0.152. The number of anilines is 5. The maximum absolute atomic E-state index is 13.1. The minimum Gasteiger partial charge on any atom is -0.353 e. The number of pyridine rings is 2. The zero-order valence-corrected chi connectivity index (χ0v) is 36.7. The molecule has 0 unspecified atom stereocenters. The van der Waals surface area contributed by atoms with Gasteiger partial charge >= 0.3 is 0 Å². The maximum atomic E-state index is 13.1. The molecule has 0 aliphatic carbocycles. The fourth-order valence-electron chi connectivity index (χ4n) is 6.37. The molecule has 1 aliphatic heterocycles. The Kier molecular flexibility index (Phi) is 15.2. The average Bonchev–Trinajstić information content (AvgIpc) is 3.26. The van der Waals surface area contributed by atoms with E-state index in [2.05, 4.69) is 36.1 Å². The molecule has 0 saturated carbocycles. The van der Waals surface area contributed by atoms with E-state index in [9.17, 15) is 32.8 Å². The number of amides is 5. The third-order valence-electron chi connectivity index (χ3n) is 9.82. The van der Waals surface area contributed by atoms with Crippen molar-refractivity contribution in [1.29, 1.82) is 0 Å². The molecule has 4 aromatic carbocycles. The molecule has 2 aromatic heterocycles. The SMILES string of the molecule is CC(=O)N1CCN(c2ccc(C(=O)Nc3ccc(Cl)c(NC(=O)c4ccc(F)cc4)c3)c(C)n2)CC1.Cc1nc(Cl)ccc1C(=O)Nc1ccc(Cl)c(NC(=O)c2ccc(F)cc2)c1. The number of hydrogen-bond acceptors (Lipinski definition) is 8. The second-order valence-electron chi connectivity index (χ2n) is 14.3. The molecule has 328 valence electrons. The molecule has 1 saturated heterocycles. The van der Waals surface area contributed by atoms with Crippen LogP contribution in [-0.4, -0.2) is 70.6 Å². The molecule has 7 rings (SSSR count). The van der Waals surface area contributed by atoms with E-state index in [0.717, 1.165) is 5.82 Å². The van der Waals surface area contributed by atoms with Crippen LogP contribution in [0.2, 0.25) is 15.2 Å². The number of nitrogens with one attached hydrogen (secondary N) is 4. The van der Waals surface area contributed by atoms with E-state index in [4.69, 9.17) is 34.8 Å². The van der Waals surface area contributed by atoms with Crippen molar-refractivity contribution in [2.24, 2.45) is 0 Å². The highest BCUT2D eigenvalue weighted by atomic mass is 35.5. The van der Waals surface area contributed by atoms with Crippen LogP contribution >= 0.6 is 34.8 Å². The summed E-state index contributed by atoms with van der Waals surface area (Å²) in [5.41, 5.74) is 3.85. The Hall–Kier alpha value is -6.94. The summed E-state index contributed by atoms with van der Waals surface area (Å²) in [5, 5.41) is 11.7. The van der Waals surface area contributed by atoms with Gasteiger partial charge in [0.05, 0.1) is 43.9 Å². The third-order valence-corrected chi connectivity index (χ3v) is 10.7. The summed E-state index contributed by atoms with van der Waals surface area (Å²) >= 11 is 18.2. The van der Waals surface area contributed by atoms with E-state index in [-0.39, 0.29) is 38.9 Å². The Morgan fingerprint density at radius 3 is 1.39 bits per heavy atom. The van der Waals surface area contributed by atoms with Gasteiger partial charge in [0.2, 0.25) is 5.91 Å². The summed E-state index contributed by atoms with van der Waals surface area (Å²) in [4.78, 5) is 74.3. The second-order valence-corrected chi connectivity index (χ2v) is 15.5. The molecular formula is C46H39Cl3F2N8O5. The van der Waals surface area contributed by atoms with Crippen LogP contribution < -0.4 is 26.2 Å². The first-order valence-corrected chi connectivity index (χ1v) is 20.6. The highest BCUT2D eigenvalue weighted by molar-refractivity contribution is 6.34. The molecule has 6 aromatic rings. The van der Waals surface area contributed by atoms with Crippen LogP contribution in [0.25, 0.3) is 0 Å². The average molecular weight is 928 g/mol. The number of carbonyl (C=O) groups excluding carboxylic acids is 5. The molecule has 4 N–H and O–H groups in total. The van der Waals surface area contributed by atoms with Crippen LogP contribution in [0.4, 0.5) is 37.3 Å². The zero-order chi connectivity index (χ0) is 46.1. The van der Waals surface area contributed by atoms with Gasteiger partial charge in [0.15, 0.2) is 0 Å². The number of halogens is 5. The first-order valence-electron chi connectivity index (χ1n) is 19.5. The van der Waals surface area contributed by atoms with E-state index in [1.165, 1.54) is 60.7 Å². The lowest BCUT2D eigenvalue weighted by Gasteiger charge is -2.35. The Bertz CT molecular complexity index is 2730. The second kappa shape index (κ2) is 21.0. The van der Waals surface area contributed by atoms with Gasteiger partial charge in [-0.1, -0.05) is 34.8 Å². The third kappa shape index (κ3) is 12.2. The highest BCUT2D eigenvalue weighted by Gasteiger charge is 2.21. The van der Waals surface area contributed by atoms with Gasteiger partial charge in [-0.3, -0.25) is 24.0 Å². The van der Waals surface area contributed by atoms with Crippen molar-refractivity contribution >= 4 is 92.9 Å². The van der Waals surface area contributed by atoms with Crippen molar-refractivity contribution < 1.29 is 32.8 Å². The topological polar surface area (TPSA) is 166 Å². The van der Waals surface area contributed by atoms with Crippen LogP contribution in [0, 0.1) is 25.5 Å². The van der Waals surface area contributed by atoms with E-state index in [0.29, 0.717) is 76.6 Å². The van der Waals surface area contributed by atoms with Gasteiger partial charge in [-0.05, 0) is 123 Å². The summed E-state index contributed by atoms with van der Waals surface area (Å²) < 4.78 is 26.1. The predicted molar refractivity (Wildman–Crippen MR) is 245 cm³/mol. The monoisotopic (exact) mass is 926 g/mol. The molecule has 1 aliphatic rings. The number of aromatic nitrogens is 2. The van der Waals surface area contributed by atoms with Gasteiger partial charge in [0.25, 0.3) is 23.6 Å². The minimum absolute atomic E-state index is 0.0613. The van der Waals surface area contributed by atoms with Crippen LogP contribution in [0.3, 0.4) is 0 Å². The van der Waals surface area contributed by atoms with Crippen molar-refractivity contribution in [3.63, 3.8) is 0 Å². The van der Waals surface area contributed by atoms with Crippen molar-refractivity contribution in [3.8, 4) is 0 Å². The molecule has 0 radical (unpaired) electrons. The molecule has 13 nitrogen and oxygen atoms in total. The van der Waals surface area contributed by atoms with Gasteiger partial charge in [-0.25, -0.2) is 18.7 Å². The molecule has 64 heavy (non-hydrogen) atoms. The first kappa shape index (κ1) is 46.6. The number of piperazine rings is 1. The van der Waals surface area contributed by atoms with Crippen molar-refractivity contribution in [1.82, 2.24) is 14.9 Å². The normalized spacial score (nSPS) is 12.1. The van der Waals surface area contributed by atoms with Crippen LogP contribution in [0.5, 0.6) is 0 Å². The summed E-state index contributed by atoms with van der Waals surface area (Å²) in [5.74, 6) is -1.71. The number of aryl methyl sites for hydroxylation is 2. The number of rotatable bonds is 9. The largest absolute Gasteiger partial charge is 0.353 e. The van der Waals surface area contributed by atoms with E-state index in [1.54, 1.807) is 74.2 Å². The Labute approximate surface area is 381 Å². The number of benzene rings is 4.